The van der Waals surface area contributed by atoms with Crippen LogP contribution in [0, 0.1) is 32.6 Å². The molecule has 2 heterocycles. The Labute approximate surface area is 189 Å². The molecule has 1 saturated carbocycles. The van der Waals surface area contributed by atoms with Crippen molar-refractivity contribution in [3.8, 4) is 0 Å². The minimum Gasteiger partial charge on any atom is -0.351 e. The van der Waals surface area contributed by atoms with Gasteiger partial charge in [0.2, 0.25) is 5.91 Å². The molecule has 1 fully saturated rings. The van der Waals surface area contributed by atoms with Gasteiger partial charge in [0, 0.05) is 29.4 Å². The highest BCUT2D eigenvalue weighted by atomic mass is 16.2. The van der Waals surface area contributed by atoms with E-state index in [1.807, 2.05) is 13.8 Å². The van der Waals surface area contributed by atoms with Crippen LogP contribution in [0.25, 0.3) is 10.8 Å². The van der Waals surface area contributed by atoms with E-state index in [-0.39, 0.29) is 24.1 Å². The summed E-state index contributed by atoms with van der Waals surface area (Å²) < 4.78 is 3.46. The highest BCUT2D eigenvalue weighted by Crippen LogP contribution is 2.29. The third-order valence-electron chi connectivity index (χ3n) is 7.41. The van der Waals surface area contributed by atoms with Gasteiger partial charge in [-0.2, -0.15) is 5.10 Å². The summed E-state index contributed by atoms with van der Waals surface area (Å²) in [6, 6.07) is 8.61. The molecule has 0 saturated heterocycles. The summed E-state index contributed by atoms with van der Waals surface area (Å²) in [6.45, 7) is 11.2. The minimum absolute atomic E-state index is 0.0476. The third-order valence-corrected chi connectivity index (χ3v) is 7.41. The summed E-state index contributed by atoms with van der Waals surface area (Å²) in [7, 11) is 0. The number of carbonyl (C=O) groups is 1. The van der Waals surface area contributed by atoms with Crippen molar-refractivity contribution in [3.05, 3.63) is 63.3 Å². The van der Waals surface area contributed by atoms with Gasteiger partial charge in [-0.15, -0.1) is 0 Å². The van der Waals surface area contributed by atoms with Crippen LogP contribution in [0.5, 0.6) is 0 Å². The van der Waals surface area contributed by atoms with Crippen molar-refractivity contribution >= 4 is 16.7 Å². The number of carbonyl (C=O) groups excluding carboxylic acids is 1. The van der Waals surface area contributed by atoms with E-state index in [2.05, 4.69) is 60.0 Å². The summed E-state index contributed by atoms with van der Waals surface area (Å²) in [5, 5.41) is 8.99. The number of amides is 1. The van der Waals surface area contributed by atoms with Crippen molar-refractivity contribution in [2.45, 2.75) is 73.0 Å². The largest absolute Gasteiger partial charge is 0.351 e. The first-order chi connectivity index (χ1) is 15.3. The Hall–Kier alpha value is -2.89. The maximum atomic E-state index is 13.3. The number of rotatable bonds is 5. The van der Waals surface area contributed by atoms with E-state index in [4.69, 9.17) is 0 Å². The Morgan fingerprint density at radius 2 is 1.81 bits per heavy atom. The molecule has 6 nitrogen and oxygen atoms in total. The second kappa shape index (κ2) is 8.93. The predicted molar refractivity (Wildman–Crippen MR) is 128 cm³/mol. The Morgan fingerprint density at radius 3 is 2.53 bits per heavy atom. The SMILES string of the molecule is Cc1ccc(Cn2c(C)c3cnn(CC(=O)N[C@@H]4CCC[C@H](C)[C@H]4C)c(=O)c3c2C)cc1. The molecule has 4 rings (SSSR count). The number of aromatic nitrogens is 3. The fourth-order valence-corrected chi connectivity index (χ4v) is 5.04. The molecule has 6 heteroatoms. The molecule has 170 valence electrons. The van der Waals surface area contributed by atoms with Gasteiger partial charge in [-0.3, -0.25) is 9.59 Å². The zero-order chi connectivity index (χ0) is 23.0. The smallest absolute Gasteiger partial charge is 0.276 e. The Kier molecular flexibility index (Phi) is 6.22. The third kappa shape index (κ3) is 4.23. The molecule has 1 aliphatic carbocycles. The normalized spacial score (nSPS) is 21.1. The lowest BCUT2D eigenvalue weighted by Crippen LogP contribution is -2.45. The Balaban J connectivity index is 1.58. The highest BCUT2D eigenvalue weighted by molar-refractivity contribution is 5.87. The second-order valence-electron chi connectivity index (χ2n) is 9.58. The topological polar surface area (TPSA) is 68.9 Å². The van der Waals surface area contributed by atoms with Crippen LogP contribution in [0.15, 0.2) is 35.3 Å². The van der Waals surface area contributed by atoms with Crippen molar-refractivity contribution in [1.29, 1.82) is 0 Å². The lowest BCUT2D eigenvalue weighted by atomic mass is 9.78. The monoisotopic (exact) mass is 434 g/mol. The van der Waals surface area contributed by atoms with Gasteiger partial charge in [0.25, 0.3) is 5.56 Å². The van der Waals surface area contributed by atoms with E-state index >= 15 is 0 Å². The Morgan fingerprint density at radius 1 is 1.09 bits per heavy atom. The maximum absolute atomic E-state index is 13.3. The molecule has 0 spiro atoms. The number of benzene rings is 1. The minimum atomic E-state index is -0.203. The first-order valence-corrected chi connectivity index (χ1v) is 11.7. The molecule has 3 atom stereocenters. The zero-order valence-corrected chi connectivity index (χ0v) is 19.8. The van der Waals surface area contributed by atoms with E-state index in [1.165, 1.54) is 22.2 Å². The van der Waals surface area contributed by atoms with Crippen molar-refractivity contribution in [2.24, 2.45) is 11.8 Å². The number of hydrogen-bond donors (Lipinski definition) is 1. The van der Waals surface area contributed by atoms with E-state index in [0.29, 0.717) is 23.8 Å². The van der Waals surface area contributed by atoms with Crippen molar-refractivity contribution < 1.29 is 4.79 Å². The fraction of sp³-hybridized carbons (Fsp3) is 0.500. The van der Waals surface area contributed by atoms with Crippen LogP contribution in [0.2, 0.25) is 0 Å². The molecule has 2 aromatic heterocycles. The van der Waals surface area contributed by atoms with Gasteiger partial charge in [0.1, 0.15) is 6.54 Å². The molecule has 0 radical (unpaired) electrons. The summed E-state index contributed by atoms with van der Waals surface area (Å²) in [5.74, 6) is 0.907. The number of aryl methyl sites for hydroxylation is 3. The van der Waals surface area contributed by atoms with Gasteiger partial charge in [-0.25, -0.2) is 4.68 Å². The number of hydrogen-bond acceptors (Lipinski definition) is 3. The number of fused-ring (bicyclic) bond motifs is 1. The van der Waals surface area contributed by atoms with E-state index < -0.39 is 0 Å². The zero-order valence-electron chi connectivity index (χ0n) is 19.8. The molecule has 0 unspecified atom stereocenters. The molecule has 1 amide bonds. The predicted octanol–water partition coefficient (Wildman–Crippen LogP) is 4.11. The molecule has 1 aliphatic rings. The first-order valence-electron chi connectivity index (χ1n) is 11.7. The lowest BCUT2D eigenvalue weighted by molar-refractivity contribution is -0.123. The molecular weight excluding hydrogens is 400 g/mol. The van der Waals surface area contributed by atoms with Gasteiger partial charge in [-0.1, -0.05) is 56.5 Å². The quantitative estimate of drug-likeness (QED) is 0.657. The summed E-state index contributed by atoms with van der Waals surface area (Å²) in [5.41, 5.74) is 4.14. The van der Waals surface area contributed by atoms with Crippen molar-refractivity contribution in [1.82, 2.24) is 19.7 Å². The van der Waals surface area contributed by atoms with Crippen LogP contribution >= 0.6 is 0 Å². The average molecular weight is 435 g/mol. The lowest BCUT2D eigenvalue weighted by Gasteiger charge is -2.34. The highest BCUT2D eigenvalue weighted by Gasteiger charge is 2.28. The van der Waals surface area contributed by atoms with E-state index in [0.717, 1.165) is 29.6 Å². The summed E-state index contributed by atoms with van der Waals surface area (Å²) >= 11 is 0. The van der Waals surface area contributed by atoms with Gasteiger partial charge in [-0.05, 0) is 44.6 Å². The second-order valence-corrected chi connectivity index (χ2v) is 9.58. The van der Waals surface area contributed by atoms with Gasteiger partial charge >= 0.3 is 0 Å². The first kappa shape index (κ1) is 22.3. The molecule has 3 aromatic rings. The van der Waals surface area contributed by atoms with Crippen LogP contribution in [-0.2, 0) is 17.9 Å². The summed E-state index contributed by atoms with van der Waals surface area (Å²) in [4.78, 5) is 26.0. The van der Waals surface area contributed by atoms with E-state index in [1.54, 1.807) is 6.20 Å². The molecule has 32 heavy (non-hydrogen) atoms. The Bertz CT molecular complexity index is 1190. The molecular formula is C26H34N4O2. The van der Waals surface area contributed by atoms with Crippen LogP contribution in [0.3, 0.4) is 0 Å². The van der Waals surface area contributed by atoms with Crippen molar-refractivity contribution in [3.63, 3.8) is 0 Å². The van der Waals surface area contributed by atoms with Crippen LogP contribution in [0.4, 0.5) is 0 Å². The number of nitrogens with one attached hydrogen (secondary N) is 1. The van der Waals surface area contributed by atoms with Crippen molar-refractivity contribution in [2.75, 3.05) is 0 Å². The van der Waals surface area contributed by atoms with Gasteiger partial charge in [0.05, 0.1) is 11.6 Å². The molecule has 0 aliphatic heterocycles. The standard InChI is InChI=1S/C26H34N4O2/c1-16-9-11-21(12-10-16)14-29-19(4)22-13-27-30(26(32)25(22)20(29)5)15-24(31)28-23-8-6-7-17(2)18(23)3/h9-13,17-18,23H,6-8,14-15H2,1-5H3,(H,28,31)/t17-,18+,23+/m0/s1. The van der Waals surface area contributed by atoms with Crippen LogP contribution in [0.1, 0.15) is 55.6 Å². The van der Waals surface area contributed by atoms with Crippen LogP contribution < -0.4 is 10.9 Å². The fourth-order valence-electron chi connectivity index (χ4n) is 5.04. The summed E-state index contributed by atoms with van der Waals surface area (Å²) in [6.07, 6.45) is 5.07. The maximum Gasteiger partial charge on any atom is 0.276 e. The number of nitrogens with zero attached hydrogens (tertiary/aromatic N) is 3. The average Bonchev–Trinajstić information content (AvgIpc) is 3.00. The molecule has 1 N–H and O–H groups in total. The van der Waals surface area contributed by atoms with Gasteiger partial charge < -0.3 is 9.88 Å². The van der Waals surface area contributed by atoms with Crippen LogP contribution in [-0.4, -0.2) is 26.3 Å². The van der Waals surface area contributed by atoms with Gasteiger partial charge in [0.15, 0.2) is 0 Å². The van der Waals surface area contributed by atoms with E-state index in [9.17, 15) is 9.59 Å². The molecule has 1 aromatic carbocycles. The molecule has 0 bridgehead atoms.